The lowest BCUT2D eigenvalue weighted by Crippen LogP contribution is -2.37. The van der Waals surface area contributed by atoms with Gasteiger partial charge in [-0.1, -0.05) is 26.8 Å². The van der Waals surface area contributed by atoms with Gasteiger partial charge in [0.15, 0.2) is 0 Å². The van der Waals surface area contributed by atoms with E-state index in [0.29, 0.717) is 6.04 Å². The Morgan fingerprint density at radius 2 is 2.30 bits per heavy atom. The molecule has 1 aromatic rings. The summed E-state index contributed by atoms with van der Waals surface area (Å²) in [6.45, 7) is 11.3. The predicted molar refractivity (Wildman–Crippen MR) is 80.6 cm³/mol. The molecule has 0 amide bonds. The Bertz CT molecular complexity index is 486. The van der Waals surface area contributed by atoms with Crippen LogP contribution in [0.4, 0.5) is 4.39 Å². The van der Waals surface area contributed by atoms with Crippen LogP contribution in [0.25, 0.3) is 0 Å². The second kappa shape index (κ2) is 5.96. The molecule has 0 aliphatic carbocycles. The van der Waals surface area contributed by atoms with Crippen LogP contribution in [0, 0.1) is 11.2 Å². The summed E-state index contributed by atoms with van der Waals surface area (Å²) in [5.41, 5.74) is 0.952. The van der Waals surface area contributed by atoms with Gasteiger partial charge in [-0.2, -0.15) is 0 Å². The van der Waals surface area contributed by atoms with Crippen molar-refractivity contribution in [1.29, 1.82) is 0 Å². The van der Waals surface area contributed by atoms with Gasteiger partial charge in [-0.25, -0.2) is 4.39 Å². The third-order valence-electron chi connectivity index (χ3n) is 3.86. The normalized spacial score (nSPS) is 20.4. The lowest BCUT2D eigenvalue weighted by Gasteiger charge is -2.30. The molecule has 3 heteroatoms. The average Bonchev–Trinajstić information content (AvgIpc) is 2.77. The topological polar surface area (TPSA) is 21.3 Å². The highest BCUT2D eigenvalue weighted by Crippen LogP contribution is 2.35. The molecule has 0 bridgehead atoms. The van der Waals surface area contributed by atoms with E-state index < -0.39 is 0 Å². The minimum absolute atomic E-state index is 0.0183. The molecule has 0 aromatic heterocycles. The molecular weight excluding hydrogens is 253 g/mol. The van der Waals surface area contributed by atoms with Gasteiger partial charge in [0.1, 0.15) is 17.7 Å². The van der Waals surface area contributed by atoms with E-state index in [0.717, 1.165) is 30.7 Å². The largest absolute Gasteiger partial charge is 0.490 e. The van der Waals surface area contributed by atoms with E-state index in [-0.39, 0.29) is 17.3 Å². The van der Waals surface area contributed by atoms with Gasteiger partial charge in [0, 0.05) is 30.0 Å². The maximum atomic E-state index is 13.2. The Labute approximate surface area is 121 Å². The van der Waals surface area contributed by atoms with E-state index in [1.54, 1.807) is 12.1 Å². The summed E-state index contributed by atoms with van der Waals surface area (Å²) in [6.07, 6.45) is 3.75. The summed E-state index contributed by atoms with van der Waals surface area (Å²) in [6, 6.07) is 5.20. The number of hydrogen-bond acceptors (Lipinski definition) is 2. The summed E-state index contributed by atoms with van der Waals surface area (Å²) in [5.74, 6) is 0.626. The van der Waals surface area contributed by atoms with Crippen LogP contribution in [0.3, 0.4) is 0 Å². The molecule has 0 saturated heterocycles. The molecule has 0 spiro atoms. The van der Waals surface area contributed by atoms with Crippen LogP contribution in [-0.2, 0) is 6.42 Å². The summed E-state index contributed by atoms with van der Waals surface area (Å²) < 4.78 is 19.1. The first-order chi connectivity index (χ1) is 9.42. The van der Waals surface area contributed by atoms with Crippen LogP contribution in [-0.4, -0.2) is 18.7 Å². The fraction of sp³-hybridized carbons (Fsp3) is 0.529. The standard InChI is InChI=1S/C17H24FNO/c1-5-17(4,11-19-12(2)3)10-15-9-13-8-14(18)6-7-16(13)20-15/h5-8,12,15,19H,1,9-11H2,2-4H3. The van der Waals surface area contributed by atoms with Gasteiger partial charge in [0.05, 0.1) is 0 Å². The SMILES string of the molecule is C=CC(C)(CNC(C)C)CC1Cc2cc(F)ccc2O1. The van der Waals surface area contributed by atoms with Gasteiger partial charge in [-0.15, -0.1) is 6.58 Å². The van der Waals surface area contributed by atoms with Crippen molar-refractivity contribution in [3.63, 3.8) is 0 Å². The van der Waals surface area contributed by atoms with E-state index in [1.807, 2.05) is 6.08 Å². The van der Waals surface area contributed by atoms with Gasteiger partial charge in [0.25, 0.3) is 0 Å². The molecule has 2 nitrogen and oxygen atoms in total. The molecule has 0 radical (unpaired) electrons. The highest BCUT2D eigenvalue weighted by atomic mass is 19.1. The number of fused-ring (bicyclic) bond motifs is 1. The highest BCUT2D eigenvalue weighted by molar-refractivity contribution is 5.38. The summed E-state index contributed by atoms with van der Waals surface area (Å²) in [5, 5.41) is 3.45. The van der Waals surface area contributed by atoms with Crippen LogP contribution in [0.1, 0.15) is 32.8 Å². The fourth-order valence-electron chi connectivity index (χ4n) is 2.59. The minimum Gasteiger partial charge on any atom is -0.490 e. The molecule has 1 N–H and O–H groups in total. The third kappa shape index (κ3) is 3.60. The molecule has 1 aliphatic rings. The summed E-state index contributed by atoms with van der Waals surface area (Å²) >= 11 is 0. The van der Waals surface area contributed by atoms with Gasteiger partial charge in [0.2, 0.25) is 0 Å². The van der Waals surface area contributed by atoms with Gasteiger partial charge < -0.3 is 10.1 Å². The first-order valence-electron chi connectivity index (χ1n) is 7.24. The summed E-state index contributed by atoms with van der Waals surface area (Å²) in [4.78, 5) is 0. The van der Waals surface area contributed by atoms with Crippen molar-refractivity contribution in [2.45, 2.75) is 45.8 Å². The third-order valence-corrected chi connectivity index (χ3v) is 3.86. The first kappa shape index (κ1) is 15.0. The van der Waals surface area contributed by atoms with Crippen molar-refractivity contribution in [3.8, 4) is 5.75 Å². The molecule has 110 valence electrons. The second-order valence-electron chi connectivity index (χ2n) is 6.29. The minimum atomic E-state index is -0.194. The van der Waals surface area contributed by atoms with Crippen molar-refractivity contribution in [2.75, 3.05) is 6.54 Å². The molecule has 1 aliphatic heterocycles. The Balaban J connectivity index is 1.99. The number of nitrogens with one attached hydrogen (secondary N) is 1. The van der Waals surface area contributed by atoms with Crippen molar-refractivity contribution >= 4 is 0 Å². The Morgan fingerprint density at radius 1 is 1.55 bits per heavy atom. The van der Waals surface area contributed by atoms with Gasteiger partial charge >= 0.3 is 0 Å². The van der Waals surface area contributed by atoms with Crippen LogP contribution < -0.4 is 10.1 Å². The van der Waals surface area contributed by atoms with E-state index in [1.165, 1.54) is 6.07 Å². The predicted octanol–water partition coefficient (Wildman–Crippen LogP) is 3.71. The van der Waals surface area contributed by atoms with E-state index in [9.17, 15) is 4.39 Å². The van der Waals surface area contributed by atoms with E-state index >= 15 is 0 Å². The number of ether oxygens (including phenoxy) is 1. The fourth-order valence-corrected chi connectivity index (χ4v) is 2.59. The lowest BCUT2D eigenvalue weighted by molar-refractivity contribution is 0.168. The molecule has 0 saturated carbocycles. The van der Waals surface area contributed by atoms with Crippen LogP contribution >= 0.6 is 0 Å². The van der Waals surface area contributed by atoms with Crippen LogP contribution in [0.2, 0.25) is 0 Å². The van der Waals surface area contributed by atoms with Crippen molar-refractivity contribution < 1.29 is 9.13 Å². The molecule has 20 heavy (non-hydrogen) atoms. The lowest BCUT2D eigenvalue weighted by atomic mass is 9.83. The number of hydrogen-bond donors (Lipinski definition) is 1. The number of benzene rings is 1. The second-order valence-corrected chi connectivity index (χ2v) is 6.29. The Hall–Kier alpha value is -1.35. The highest BCUT2D eigenvalue weighted by Gasteiger charge is 2.31. The molecular formula is C17H24FNO. The zero-order valence-electron chi connectivity index (χ0n) is 12.6. The van der Waals surface area contributed by atoms with Crippen molar-refractivity contribution in [3.05, 3.63) is 42.2 Å². The zero-order chi connectivity index (χ0) is 14.8. The molecule has 1 heterocycles. The number of rotatable bonds is 6. The zero-order valence-corrected chi connectivity index (χ0v) is 12.6. The number of halogens is 1. The van der Waals surface area contributed by atoms with Crippen molar-refractivity contribution in [2.24, 2.45) is 5.41 Å². The maximum Gasteiger partial charge on any atom is 0.123 e. The molecule has 2 atom stereocenters. The van der Waals surface area contributed by atoms with Crippen LogP contribution in [0.5, 0.6) is 5.75 Å². The van der Waals surface area contributed by atoms with Crippen molar-refractivity contribution in [1.82, 2.24) is 5.32 Å². The summed E-state index contributed by atoms with van der Waals surface area (Å²) in [7, 11) is 0. The quantitative estimate of drug-likeness (QED) is 0.800. The Morgan fingerprint density at radius 3 is 2.95 bits per heavy atom. The molecule has 1 aromatic carbocycles. The maximum absolute atomic E-state index is 13.2. The Kier molecular flexibility index (Phi) is 4.48. The van der Waals surface area contributed by atoms with E-state index in [2.05, 4.69) is 32.7 Å². The monoisotopic (exact) mass is 277 g/mol. The molecule has 2 rings (SSSR count). The average molecular weight is 277 g/mol. The molecule has 2 unspecified atom stereocenters. The van der Waals surface area contributed by atoms with Crippen LogP contribution in [0.15, 0.2) is 30.9 Å². The smallest absolute Gasteiger partial charge is 0.123 e. The van der Waals surface area contributed by atoms with Gasteiger partial charge in [-0.3, -0.25) is 0 Å². The van der Waals surface area contributed by atoms with E-state index in [4.69, 9.17) is 4.74 Å². The first-order valence-corrected chi connectivity index (χ1v) is 7.24. The molecule has 0 fully saturated rings. The van der Waals surface area contributed by atoms with Gasteiger partial charge in [-0.05, 0) is 24.6 Å².